The number of hydrogen-bond donors (Lipinski definition) is 2. The van der Waals surface area contributed by atoms with E-state index in [9.17, 15) is 9.90 Å². The normalized spacial score (nSPS) is 23.0. The molecule has 3 aromatic rings. The summed E-state index contributed by atoms with van der Waals surface area (Å²) in [6, 6.07) is 20.0. The molecule has 2 unspecified atom stereocenters. The van der Waals surface area contributed by atoms with E-state index in [-0.39, 0.29) is 37.0 Å². The van der Waals surface area contributed by atoms with Crippen molar-refractivity contribution < 1.29 is 19.4 Å². The first-order valence-electron chi connectivity index (χ1n) is 14.1. The first-order chi connectivity index (χ1) is 19.1. The number of aliphatic hydroxyl groups is 1. The van der Waals surface area contributed by atoms with Crippen LogP contribution < -0.4 is 5.32 Å². The molecule has 1 saturated carbocycles. The maximum Gasteiger partial charge on any atom is 0.275 e. The van der Waals surface area contributed by atoms with Gasteiger partial charge in [0.1, 0.15) is 5.60 Å². The predicted molar refractivity (Wildman–Crippen MR) is 158 cm³/mol. The zero-order chi connectivity index (χ0) is 27.1. The second-order valence-electron chi connectivity index (χ2n) is 10.7. The van der Waals surface area contributed by atoms with Gasteiger partial charge in [-0.05, 0) is 24.8 Å². The molecule has 216 valence electrons. The average molecular weight is 569 g/mol. The zero-order valence-corrected chi connectivity index (χ0v) is 24.0. The quantitative estimate of drug-likeness (QED) is 0.357. The summed E-state index contributed by atoms with van der Waals surface area (Å²) in [5.41, 5.74) is 2.27. The van der Waals surface area contributed by atoms with Gasteiger partial charge in [-0.1, -0.05) is 73.5 Å². The fourth-order valence-electron chi connectivity index (χ4n) is 6.03. The SMILES string of the molecule is COCCOCC1(O)CCCCC1n1cnc(C(=O)N2CCNC[C@H]2Cc2ccccc2)c1-c1ccccc1.Cl. The number of imidazole rings is 1. The number of rotatable bonds is 10. The van der Waals surface area contributed by atoms with Crippen LogP contribution in [0.3, 0.4) is 0 Å². The van der Waals surface area contributed by atoms with Gasteiger partial charge in [-0.3, -0.25) is 4.79 Å². The summed E-state index contributed by atoms with van der Waals surface area (Å²) in [6.45, 7) is 3.24. The molecule has 1 amide bonds. The molecule has 1 saturated heterocycles. The highest BCUT2D eigenvalue weighted by Gasteiger charge is 2.42. The number of nitrogens with one attached hydrogen (secondary N) is 1. The van der Waals surface area contributed by atoms with Crippen molar-refractivity contribution in [3.8, 4) is 11.3 Å². The molecular formula is C31H41ClN4O4. The number of carbonyl (C=O) groups excluding carboxylic acids is 1. The van der Waals surface area contributed by atoms with Crippen LogP contribution in [0.15, 0.2) is 67.0 Å². The van der Waals surface area contributed by atoms with Crippen LogP contribution in [0.1, 0.15) is 47.8 Å². The molecular weight excluding hydrogens is 528 g/mol. The Kier molecular flexibility index (Phi) is 10.8. The second kappa shape index (κ2) is 14.2. The van der Waals surface area contributed by atoms with Gasteiger partial charge in [-0.15, -0.1) is 12.4 Å². The minimum Gasteiger partial charge on any atom is -0.385 e. The molecule has 1 aliphatic heterocycles. The first kappa shape index (κ1) is 30.2. The van der Waals surface area contributed by atoms with Crippen LogP contribution in [0, 0.1) is 0 Å². The van der Waals surface area contributed by atoms with Crippen molar-refractivity contribution in [1.82, 2.24) is 19.8 Å². The molecule has 0 spiro atoms. The second-order valence-corrected chi connectivity index (χ2v) is 10.7. The van der Waals surface area contributed by atoms with Gasteiger partial charge in [0, 0.05) is 38.3 Å². The van der Waals surface area contributed by atoms with Crippen LogP contribution in [0.5, 0.6) is 0 Å². The third-order valence-corrected chi connectivity index (χ3v) is 8.05. The highest BCUT2D eigenvalue weighted by molar-refractivity contribution is 5.98. The van der Waals surface area contributed by atoms with Crippen molar-refractivity contribution in [2.45, 2.75) is 49.8 Å². The average Bonchev–Trinajstić information content (AvgIpc) is 3.41. The Balaban J connectivity index is 0.00000370. The van der Waals surface area contributed by atoms with Crippen LogP contribution in [0.4, 0.5) is 0 Å². The van der Waals surface area contributed by atoms with Crippen LogP contribution >= 0.6 is 12.4 Å². The van der Waals surface area contributed by atoms with E-state index in [1.54, 1.807) is 13.4 Å². The molecule has 40 heavy (non-hydrogen) atoms. The molecule has 2 aromatic carbocycles. The first-order valence-corrected chi connectivity index (χ1v) is 14.1. The highest BCUT2D eigenvalue weighted by atomic mass is 35.5. The fourth-order valence-corrected chi connectivity index (χ4v) is 6.03. The number of methoxy groups -OCH3 is 1. The zero-order valence-electron chi connectivity index (χ0n) is 23.2. The molecule has 2 fully saturated rings. The van der Waals surface area contributed by atoms with Crippen LogP contribution in [0.2, 0.25) is 0 Å². The van der Waals surface area contributed by atoms with E-state index < -0.39 is 5.60 Å². The lowest BCUT2D eigenvalue weighted by Gasteiger charge is -2.41. The number of hydrogen-bond acceptors (Lipinski definition) is 6. The largest absolute Gasteiger partial charge is 0.385 e. The van der Waals surface area contributed by atoms with Gasteiger partial charge in [-0.2, -0.15) is 0 Å². The van der Waals surface area contributed by atoms with Crippen molar-refractivity contribution in [1.29, 1.82) is 0 Å². The Bertz CT molecular complexity index is 1210. The lowest BCUT2D eigenvalue weighted by molar-refractivity contribution is -0.104. The Morgan fingerprint density at radius 1 is 1.10 bits per heavy atom. The monoisotopic (exact) mass is 568 g/mol. The summed E-state index contributed by atoms with van der Waals surface area (Å²) < 4.78 is 13.0. The maximum atomic E-state index is 14.2. The van der Waals surface area contributed by atoms with Crippen molar-refractivity contribution in [2.75, 3.05) is 46.6 Å². The molecule has 0 bridgehead atoms. The van der Waals surface area contributed by atoms with E-state index in [2.05, 4.69) is 17.4 Å². The minimum absolute atomic E-state index is 0. The lowest BCUT2D eigenvalue weighted by atomic mass is 9.80. The van der Waals surface area contributed by atoms with Gasteiger partial charge in [0.05, 0.1) is 37.9 Å². The molecule has 9 heteroatoms. The summed E-state index contributed by atoms with van der Waals surface area (Å²) in [4.78, 5) is 20.9. The van der Waals surface area contributed by atoms with Crippen LogP contribution in [-0.4, -0.2) is 83.7 Å². The lowest BCUT2D eigenvalue weighted by Crippen LogP contribution is -2.54. The number of halogens is 1. The van der Waals surface area contributed by atoms with Gasteiger partial charge in [0.2, 0.25) is 0 Å². The third-order valence-electron chi connectivity index (χ3n) is 8.05. The van der Waals surface area contributed by atoms with Gasteiger partial charge < -0.3 is 29.4 Å². The Morgan fingerprint density at radius 2 is 1.85 bits per heavy atom. The van der Waals surface area contributed by atoms with Gasteiger partial charge >= 0.3 is 0 Å². The number of piperazine rings is 1. The Labute approximate surface area is 243 Å². The van der Waals surface area contributed by atoms with Crippen molar-refractivity contribution in [3.05, 3.63) is 78.2 Å². The number of aromatic nitrogens is 2. The number of ether oxygens (including phenoxy) is 2. The number of nitrogens with zero attached hydrogens (tertiary/aromatic N) is 3. The van der Waals surface area contributed by atoms with Crippen LogP contribution in [0.25, 0.3) is 11.3 Å². The minimum atomic E-state index is -1.05. The van der Waals surface area contributed by atoms with E-state index in [1.165, 1.54) is 5.56 Å². The van der Waals surface area contributed by atoms with Crippen molar-refractivity contribution >= 4 is 18.3 Å². The van der Waals surface area contributed by atoms with Gasteiger partial charge in [0.25, 0.3) is 5.91 Å². The number of benzene rings is 2. The molecule has 5 rings (SSSR count). The predicted octanol–water partition coefficient (Wildman–Crippen LogP) is 4.14. The van der Waals surface area contributed by atoms with E-state index in [0.717, 1.165) is 50.0 Å². The van der Waals surface area contributed by atoms with Crippen molar-refractivity contribution in [2.24, 2.45) is 0 Å². The molecule has 2 aliphatic rings. The van der Waals surface area contributed by atoms with Gasteiger partial charge in [-0.25, -0.2) is 4.98 Å². The standard InChI is InChI=1S/C31H40N4O4.ClH/c1-38-18-19-39-22-31(37)15-9-8-14-27(31)35-23-33-28(29(35)25-12-6-3-7-13-25)30(36)34-17-16-32-21-26(34)20-24-10-4-2-5-11-24;/h2-7,10-13,23,26-27,32,37H,8-9,14-22H2,1H3;1H/t26-,27?,31?;/m1./s1. The number of amides is 1. The molecule has 2 heterocycles. The smallest absolute Gasteiger partial charge is 0.275 e. The van der Waals surface area contributed by atoms with Crippen molar-refractivity contribution in [3.63, 3.8) is 0 Å². The number of carbonyl (C=O) groups is 1. The summed E-state index contributed by atoms with van der Waals surface area (Å²) >= 11 is 0. The molecule has 0 radical (unpaired) electrons. The van der Waals surface area contributed by atoms with E-state index in [4.69, 9.17) is 14.5 Å². The summed E-state index contributed by atoms with van der Waals surface area (Å²) in [5, 5.41) is 15.3. The molecule has 3 atom stereocenters. The summed E-state index contributed by atoms with van der Waals surface area (Å²) in [6.07, 6.45) is 5.89. The summed E-state index contributed by atoms with van der Waals surface area (Å²) in [5.74, 6) is -0.0641. The highest BCUT2D eigenvalue weighted by Crippen LogP contribution is 2.41. The topological polar surface area (TPSA) is 88.8 Å². The van der Waals surface area contributed by atoms with E-state index >= 15 is 0 Å². The maximum absolute atomic E-state index is 14.2. The van der Waals surface area contributed by atoms with Gasteiger partial charge in [0.15, 0.2) is 5.69 Å². The summed E-state index contributed by atoms with van der Waals surface area (Å²) in [7, 11) is 1.64. The molecule has 8 nitrogen and oxygen atoms in total. The molecule has 1 aliphatic carbocycles. The fraction of sp³-hybridized carbons (Fsp3) is 0.484. The third kappa shape index (κ3) is 6.75. The van der Waals surface area contributed by atoms with E-state index in [1.807, 2.05) is 58.0 Å². The Morgan fingerprint density at radius 3 is 2.60 bits per heavy atom. The van der Waals surface area contributed by atoms with E-state index in [0.29, 0.717) is 31.9 Å². The molecule has 1 aromatic heterocycles. The molecule has 2 N–H and O–H groups in total. The van der Waals surface area contributed by atoms with Crippen LogP contribution in [-0.2, 0) is 15.9 Å². The Hall–Kier alpha value is -2.75.